The van der Waals surface area contributed by atoms with Crippen molar-refractivity contribution in [2.75, 3.05) is 14.1 Å². The van der Waals surface area contributed by atoms with Crippen molar-refractivity contribution in [3.05, 3.63) is 70.9 Å². The number of rotatable bonds is 5. The Morgan fingerprint density at radius 3 is 2.52 bits per heavy atom. The molecule has 0 bridgehead atoms. The Bertz CT molecular complexity index is 775. The molecule has 0 saturated carbocycles. The van der Waals surface area contributed by atoms with Crippen LogP contribution in [0.3, 0.4) is 0 Å². The fourth-order valence-electron chi connectivity index (χ4n) is 1.83. The molecule has 2 aromatic carbocycles. The van der Waals surface area contributed by atoms with Crippen LogP contribution in [0.5, 0.6) is 11.5 Å². The van der Waals surface area contributed by atoms with Gasteiger partial charge in [-0.3, -0.25) is 4.79 Å². The largest absolute Gasteiger partial charge is 0.456 e. The molecule has 0 N–H and O–H groups in total. The quantitative estimate of drug-likeness (QED) is 0.608. The number of ether oxygens (including phenoxy) is 1. The molecule has 0 aliphatic carbocycles. The van der Waals surface area contributed by atoms with Crippen LogP contribution < -0.4 is 4.74 Å². The molecule has 0 saturated heterocycles. The molecular weight excluding hydrogens is 312 g/mol. The molecule has 0 atom stereocenters. The minimum absolute atomic E-state index is 0.0919. The number of carbonyl (C=O) groups excluding carboxylic acids is 1. The zero-order valence-corrected chi connectivity index (χ0v) is 13.5. The van der Waals surface area contributed by atoms with Gasteiger partial charge in [-0.1, -0.05) is 17.7 Å². The maximum atomic E-state index is 11.9. The van der Waals surface area contributed by atoms with Crippen molar-refractivity contribution >= 4 is 17.4 Å². The highest BCUT2D eigenvalue weighted by Crippen LogP contribution is 2.29. The molecule has 2 rings (SSSR count). The van der Waals surface area contributed by atoms with E-state index in [9.17, 15) is 4.79 Å². The number of carbonyl (C=O) groups is 1. The number of hydrogen-bond acceptors (Lipinski definition) is 4. The van der Waals surface area contributed by atoms with Crippen molar-refractivity contribution in [2.45, 2.75) is 0 Å². The Morgan fingerprint density at radius 2 is 1.91 bits per heavy atom. The Morgan fingerprint density at radius 1 is 1.22 bits per heavy atom. The van der Waals surface area contributed by atoms with Crippen LogP contribution in [-0.2, 0) is 0 Å². The van der Waals surface area contributed by atoms with Gasteiger partial charge in [0.05, 0.1) is 5.02 Å². The average molecular weight is 327 g/mol. The van der Waals surface area contributed by atoms with E-state index in [-0.39, 0.29) is 11.3 Å². The van der Waals surface area contributed by atoms with E-state index in [1.165, 1.54) is 6.08 Å². The number of allylic oxidation sites excluding steroid dienone is 1. The van der Waals surface area contributed by atoms with Gasteiger partial charge in [-0.25, -0.2) is 0 Å². The van der Waals surface area contributed by atoms with E-state index >= 15 is 0 Å². The van der Waals surface area contributed by atoms with Gasteiger partial charge in [0.2, 0.25) is 0 Å². The van der Waals surface area contributed by atoms with Crippen molar-refractivity contribution in [2.24, 2.45) is 0 Å². The molecule has 0 heterocycles. The first-order valence-electron chi connectivity index (χ1n) is 6.86. The summed E-state index contributed by atoms with van der Waals surface area (Å²) in [6, 6.07) is 13.7. The van der Waals surface area contributed by atoms with Crippen LogP contribution in [0.4, 0.5) is 0 Å². The molecule has 0 aliphatic rings. The van der Waals surface area contributed by atoms with E-state index in [1.54, 1.807) is 53.6 Å². The van der Waals surface area contributed by atoms with Gasteiger partial charge in [0.25, 0.3) is 0 Å². The monoisotopic (exact) mass is 326 g/mol. The van der Waals surface area contributed by atoms with E-state index in [0.29, 0.717) is 22.1 Å². The first-order chi connectivity index (χ1) is 11.0. The standard InChI is InChI=1S/C18H15ClN2O2/c1-21(2)11-10-17(22)13-6-8-14(9-7-13)23-18-5-3-4-16(19)15(18)12-20/h3-11H,1-2H3/b11-10+. The van der Waals surface area contributed by atoms with Crippen LogP contribution in [0.25, 0.3) is 0 Å². The number of hydrogen-bond donors (Lipinski definition) is 0. The van der Waals surface area contributed by atoms with Gasteiger partial charge in [-0.2, -0.15) is 5.26 Å². The minimum Gasteiger partial charge on any atom is -0.456 e. The van der Waals surface area contributed by atoms with Crippen molar-refractivity contribution in [3.63, 3.8) is 0 Å². The first kappa shape index (κ1) is 16.6. The van der Waals surface area contributed by atoms with Gasteiger partial charge < -0.3 is 9.64 Å². The van der Waals surface area contributed by atoms with E-state index in [4.69, 9.17) is 21.6 Å². The Labute approximate surface area is 140 Å². The maximum Gasteiger partial charge on any atom is 0.187 e. The molecule has 5 heteroatoms. The fourth-order valence-corrected chi connectivity index (χ4v) is 2.03. The van der Waals surface area contributed by atoms with Gasteiger partial charge in [-0.05, 0) is 36.4 Å². The summed E-state index contributed by atoms with van der Waals surface area (Å²) in [7, 11) is 3.69. The Kier molecular flexibility index (Phi) is 5.40. The SMILES string of the molecule is CN(C)/C=C/C(=O)c1ccc(Oc2cccc(Cl)c2C#N)cc1. The number of nitriles is 1. The molecule has 116 valence electrons. The van der Waals surface area contributed by atoms with E-state index in [2.05, 4.69) is 0 Å². The van der Waals surface area contributed by atoms with Gasteiger partial charge in [-0.15, -0.1) is 0 Å². The number of ketones is 1. The maximum absolute atomic E-state index is 11.9. The summed E-state index contributed by atoms with van der Waals surface area (Å²) in [4.78, 5) is 13.7. The third-order valence-electron chi connectivity index (χ3n) is 2.98. The van der Waals surface area contributed by atoms with Crippen LogP contribution in [-0.4, -0.2) is 24.8 Å². The molecule has 0 aromatic heterocycles. The molecule has 0 fully saturated rings. The van der Waals surface area contributed by atoms with Crippen LogP contribution in [0.2, 0.25) is 5.02 Å². The van der Waals surface area contributed by atoms with Gasteiger partial charge >= 0.3 is 0 Å². The summed E-state index contributed by atoms with van der Waals surface area (Å²) >= 11 is 5.96. The number of benzene rings is 2. The van der Waals surface area contributed by atoms with Gasteiger partial charge in [0.1, 0.15) is 23.1 Å². The van der Waals surface area contributed by atoms with Crippen LogP contribution >= 0.6 is 11.6 Å². The average Bonchev–Trinajstić information content (AvgIpc) is 2.53. The number of nitrogens with zero attached hydrogens (tertiary/aromatic N) is 2. The molecule has 4 nitrogen and oxygen atoms in total. The second-order valence-corrected chi connectivity index (χ2v) is 5.40. The molecule has 0 radical (unpaired) electrons. The first-order valence-corrected chi connectivity index (χ1v) is 7.24. The van der Waals surface area contributed by atoms with Crippen molar-refractivity contribution in [1.29, 1.82) is 5.26 Å². The summed E-state index contributed by atoms with van der Waals surface area (Å²) in [5.41, 5.74) is 0.838. The third kappa shape index (κ3) is 4.35. The van der Waals surface area contributed by atoms with E-state index < -0.39 is 0 Å². The molecular formula is C18H15ClN2O2. The smallest absolute Gasteiger partial charge is 0.187 e. The highest BCUT2D eigenvalue weighted by atomic mass is 35.5. The summed E-state index contributed by atoms with van der Waals surface area (Å²) in [5, 5.41) is 9.47. The van der Waals surface area contributed by atoms with Crippen LogP contribution in [0, 0.1) is 11.3 Å². The Hall–Kier alpha value is -2.77. The second kappa shape index (κ2) is 7.48. The summed E-state index contributed by atoms with van der Waals surface area (Å²) in [6.45, 7) is 0. The van der Waals surface area contributed by atoms with Crippen LogP contribution in [0.15, 0.2) is 54.7 Å². The van der Waals surface area contributed by atoms with E-state index in [1.807, 2.05) is 20.2 Å². The van der Waals surface area contributed by atoms with Crippen molar-refractivity contribution < 1.29 is 9.53 Å². The Balaban J connectivity index is 2.17. The minimum atomic E-state index is -0.0919. The lowest BCUT2D eigenvalue weighted by atomic mass is 10.1. The summed E-state index contributed by atoms with van der Waals surface area (Å²) in [5.74, 6) is 0.814. The van der Waals surface area contributed by atoms with Crippen molar-refractivity contribution in [3.8, 4) is 17.6 Å². The fraction of sp³-hybridized carbons (Fsp3) is 0.111. The highest BCUT2D eigenvalue weighted by molar-refractivity contribution is 6.31. The molecule has 0 aliphatic heterocycles. The summed E-state index contributed by atoms with van der Waals surface area (Å²) in [6.07, 6.45) is 3.19. The van der Waals surface area contributed by atoms with Gasteiger partial charge in [0, 0.05) is 31.9 Å². The second-order valence-electron chi connectivity index (χ2n) is 4.99. The third-order valence-corrected chi connectivity index (χ3v) is 3.29. The normalized spacial score (nSPS) is 10.3. The molecule has 0 unspecified atom stereocenters. The predicted octanol–water partition coefficient (Wildman–Crippen LogP) is 4.26. The highest BCUT2D eigenvalue weighted by Gasteiger charge is 2.09. The molecule has 0 amide bonds. The summed E-state index contributed by atoms with van der Waals surface area (Å²) < 4.78 is 5.67. The van der Waals surface area contributed by atoms with Crippen LogP contribution in [0.1, 0.15) is 15.9 Å². The lowest BCUT2D eigenvalue weighted by Gasteiger charge is -2.08. The topological polar surface area (TPSA) is 53.3 Å². The molecule has 0 spiro atoms. The molecule has 23 heavy (non-hydrogen) atoms. The van der Waals surface area contributed by atoms with E-state index in [0.717, 1.165) is 0 Å². The number of halogens is 1. The predicted molar refractivity (Wildman–Crippen MR) is 89.8 cm³/mol. The lowest BCUT2D eigenvalue weighted by Crippen LogP contribution is -2.03. The van der Waals surface area contributed by atoms with Crippen molar-refractivity contribution in [1.82, 2.24) is 4.90 Å². The lowest BCUT2D eigenvalue weighted by molar-refractivity contribution is 0.104. The van der Waals surface area contributed by atoms with Gasteiger partial charge in [0.15, 0.2) is 5.78 Å². The zero-order chi connectivity index (χ0) is 16.8. The molecule has 2 aromatic rings. The zero-order valence-electron chi connectivity index (χ0n) is 12.8.